The number of benzene rings is 1. The van der Waals surface area contributed by atoms with Crippen LogP contribution in [0.3, 0.4) is 0 Å². The number of anilines is 1. The van der Waals surface area contributed by atoms with Crippen LogP contribution in [0.5, 0.6) is 17.4 Å². The van der Waals surface area contributed by atoms with Gasteiger partial charge in [0.05, 0.1) is 33.6 Å². The van der Waals surface area contributed by atoms with Crippen molar-refractivity contribution in [3.8, 4) is 34.6 Å². The number of pyridine rings is 1. The predicted octanol–water partition coefficient (Wildman–Crippen LogP) is 2.42. The number of β-amino-alcohol motifs (C(OH)–C–C–N with tert-alkyl or cyclic N) is 1. The van der Waals surface area contributed by atoms with Gasteiger partial charge in [0.2, 0.25) is 27.8 Å². The number of halogens is 1. The molecule has 0 aliphatic carbocycles. The van der Waals surface area contributed by atoms with Crippen LogP contribution >= 0.6 is 0 Å². The molecule has 2 aromatic heterocycles. The number of aliphatic hydroxyl groups excluding tert-OH is 1. The molecule has 3 heterocycles. The number of allylic oxidation sites excluding steroid dienone is 1. The minimum Gasteiger partial charge on any atom is -0.494 e. The van der Waals surface area contributed by atoms with E-state index in [9.17, 15) is 17.9 Å². The molecule has 0 amide bonds. The molecule has 4 rings (SSSR count). The Hall–Kier alpha value is -4.57. The van der Waals surface area contributed by atoms with Gasteiger partial charge >= 0.3 is 0 Å². The number of nitrogens with one attached hydrogen (secondary N) is 1. The number of likely N-dealkylation sites (tertiary alicyclic amines) is 1. The number of hydrogen-bond acceptors (Lipinski definition) is 10. The van der Waals surface area contributed by atoms with Crippen LogP contribution in [0.4, 0.5) is 10.3 Å². The maximum atomic E-state index is 13.8. The van der Waals surface area contributed by atoms with Gasteiger partial charge in [-0.3, -0.25) is 9.29 Å². The maximum absolute atomic E-state index is 13.8. The molecular formula is C26H31FN8O6S. The monoisotopic (exact) mass is 602 g/mol. The molecule has 3 aromatic rings. The number of hydrogen-bond donors (Lipinski definition) is 2. The second-order valence-electron chi connectivity index (χ2n) is 9.13. The second kappa shape index (κ2) is 12.9. The van der Waals surface area contributed by atoms with Gasteiger partial charge in [0.25, 0.3) is 0 Å². The molecule has 0 radical (unpaired) electrons. The van der Waals surface area contributed by atoms with Crippen molar-refractivity contribution in [3.63, 3.8) is 0 Å². The van der Waals surface area contributed by atoms with Crippen molar-refractivity contribution < 1.29 is 32.1 Å². The lowest BCUT2D eigenvalue weighted by atomic mass is 10.1. The van der Waals surface area contributed by atoms with E-state index in [0.717, 1.165) is 6.20 Å². The Kier molecular flexibility index (Phi) is 9.37. The average Bonchev–Trinajstić information content (AvgIpc) is 3.38. The summed E-state index contributed by atoms with van der Waals surface area (Å²) < 4.78 is 61.2. The number of rotatable bonds is 9. The quantitative estimate of drug-likeness (QED) is 0.274. The van der Waals surface area contributed by atoms with E-state index in [1.54, 1.807) is 36.4 Å². The number of sulfonamides is 1. The highest BCUT2D eigenvalue weighted by Crippen LogP contribution is 2.38. The molecule has 0 unspecified atom stereocenters. The fourth-order valence-corrected chi connectivity index (χ4v) is 5.83. The lowest BCUT2D eigenvalue weighted by molar-refractivity contribution is 0.104. The van der Waals surface area contributed by atoms with Crippen molar-refractivity contribution in [2.75, 3.05) is 39.1 Å². The van der Waals surface area contributed by atoms with Crippen LogP contribution in [0.15, 0.2) is 58.4 Å². The van der Waals surface area contributed by atoms with E-state index in [4.69, 9.17) is 14.2 Å². The summed E-state index contributed by atoms with van der Waals surface area (Å²) in [5.74, 6) is 0.359. The minimum atomic E-state index is -4.23. The molecule has 224 valence electrons. The Balaban J connectivity index is 1.80. The Morgan fingerprint density at radius 1 is 1.12 bits per heavy atom. The zero-order chi connectivity index (χ0) is 30.4. The molecule has 1 saturated heterocycles. The van der Waals surface area contributed by atoms with Crippen molar-refractivity contribution in [2.24, 2.45) is 9.98 Å². The normalized spacial score (nSPS) is 18.0. The minimum absolute atomic E-state index is 0.0285. The summed E-state index contributed by atoms with van der Waals surface area (Å²) in [4.78, 5) is 13.6. The molecule has 14 nitrogen and oxygen atoms in total. The molecule has 42 heavy (non-hydrogen) atoms. The predicted molar refractivity (Wildman–Crippen MR) is 155 cm³/mol. The zero-order valence-corrected chi connectivity index (χ0v) is 24.2. The smallest absolute Gasteiger partial charge is 0.243 e. The topological polar surface area (TPSA) is 166 Å². The Morgan fingerprint density at radius 3 is 2.43 bits per heavy atom. The van der Waals surface area contributed by atoms with Crippen LogP contribution in [-0.4, -0.2) is 96.6 Å². The third-order valence-corrected chi connectivity index (χ3v) is 7.98. The lowest BCUT2D eigenvalue weighted by Crippen LogP contribution is -2.51. The second-order valence-corrected chi connectivity index (χ2v) is 11.1. The van der Waals surface area contributed by atoms with Gasteiger partial charge in [0, 0.05) is 19.2 Å². The Labute approximate surface area is 242 Å². The van der Waals surface area contributed by atoms with Gasteiger partial charge in [-0.1, -0.05) is 12.1 Å². The molecule has 1 aromatic carbocycles. The summed E-state index contributed by atoms with van der Waals surface area (Å²) in [5, 5.41) is 17.8. The molecule has 2 atom stereocenters. The van der Waals surface area contributed by atoms with Crippen LogP contribution in [-0.2, 0) is 10.0 Å². The summed E-state index contributed by atoms with van der Waals surface area (Å²) >= 11 is 0. The third-order valence-electron chi connectivity index (χ3n) is 6.29. The standard InChI is InChI=1S/C26H31FN8O6S/c1-16(27)13-29-25(28-2)34-14-17(36)12-18(15-34)42(37,38)33-26-32-31-24(19-8-6-11-22(30-19)41-5)35(26)23-20(39-3)9-7-10-21(23)40-4/h6-11,13,17-18,36H,2,12,14-15H2,1,3-5H3,(H,32,33)/b16-13+,29-25?/t17-,18+/m1/s1. The molecule has 16 heteroatoms. The highest BCUT2D eigenvalue weighted by molar-refractivity contribution is 7.93. The van der Waals surface area contributed by atoms with Crippen molar-refractivity contribution in [1.29, 1.82) is 0 Å². The average molecular weight is 603 g/mol. The number of ether oxygens (including phenoxy) is 3. The summed E-state index contributed by atoms with van der Waals surface area (Å²) in [7, 11) is 0.149. The van der Waals surface area contributed by atoms with Gasteiger partial charge < -0.3 is 24.2 Å². The first-order valence-corrected chi connectivity index (χ1v) is 14.2. The van der Waals surface area contributed by atoms with Gasteiger partial charge in [0.1, 0.15) is 34.0 Å². The number of piperidine rings is 1. The molecule has 2 N–H and O–H groups in total. The highest BCUT2D eigenvalue weighted by Gasteiger charge is 2.37. The number of para-hydroxylation sites is 1. The summed E-state index contributed by atoms with van der Waals surface area (Å²) in [5.41, 5.74) is 0.641. The molecule has 0 saturated carbocycles. The van der Waals surface area contributed by atoms with E-state index in [1.807, 2.05) is 0 Å². The summed E-state index contributed by atoms with van der Waals surface area (Å²) in [6, 6.07) is 10.1. The molecule has 1 fully saturated rings. The van der Waals surface area contributed by atoms with E-state index >= 15 is 0 Å². The first-order chi connectivity index (χ1) is 20.1. The van der Waals surface area contributed by atoms with Gasteiger partial charge in [-0.05, 0) is 38.3 Å². The Bertz CT molecular complexity index is 1580. The molecule has 1 aliphatic heterocycles. The molecular weight excluding hydrogens is 571 g/mol. The van der Waals surface area contributed by atoms with Crippen LogP contribution in [0.25, 0.3) is 17.2 Å². The van der Waals surface area contributed by atoms with Gasteiger partial charge in [-0.25, -0.2) is 27.8 Å². The zero-order valence-electron chi connectivity index (χ0n) is 23.4. The van der Waals surface area contributed by atoms with E-state index in [2.05, 4.69) is 36.6 Å². The number of nitrogens with zero attached hydrogens (tertiary/aromatic N) is 7. The maximum Gasteiger partial charge on any atom is 0.243 e. The van der Waals surface area contributed by atoms with Crippen LogP contribution in [0.1, 0.15) is 13.3 Å². The number of aliphatic hydroxyl groups is 1. The van der Waals surface area contributed by atoms with E-state index < -0.39 is 27.2 Å². The van der Waals surface area contributed by atoms with Gasteiger partial charge in [-0.2, -0.15) is 0 Å². The van der Waals surface area contributed by atoms with E-state index in [0.29, 0.717) is 28.8 Å². The van der Waals surface area contributed by atoms with Crippen LogP contribution in [0, 0.1) is 0 Å². The van der Waals surface area contributed by atoms with Gasteiger partial charge in [0.15, 0.2) is 5.82 Å². The first kappa shape index (κ1) is 30.4. The fourth-order valence-electron chi connectivity index (χ4n) is 4.43. The lowest BCUT2D eigenvalue weighted by Gasteiger charge is -2.35. The molecule has 0 spiro atoms. The SMILES string of the molecule is C=NC(=N/C=C(\C)F)N1C[C@H](O)C[C@H](S(=O)(=O)Nc2nnc(-c3cccc(OC)n3)n2-c2c(OC)cccc2OC)C1. The molecule has 1 aliphatic rings. The van der Waals surface area contributed by atoms with Crippen LogP contribution in [0.2, 0.25) is 0 Å². The van der Waals surface area contributed by atoms with Crippen molar-refractivity contribution in [1.82, 2.24) is 24.6 Å². The van der Waals surface area contributed by atoms with Crippen molar-refractivity contribution in [2.45, 2.75) is 24.7 Å². The fraction of sp³-hybridized carbons (Fsp3) is 0.346. The van der Waals surface area contributed by atoms with Crippen molar-refractivity contribution in [3.05, 3.63) is 48.4 Å². The van der Waals surface area contributed by atoms with E-state index in [-0.39, 0.29) is 37.2 Å². The number of guanidine groups is 1. The van der Waals surface area contributed by atoms with Crippen molar-refractivity contribution >= 4 is 28.6 Å². The first-order valence-electron chi connectivity index (χ1n) is 12.6. The summed E-state index contributed by atoms with van der Waals surface area (Å²) in [6.07, 6.45) is -0.208. The highest BCUT2D eigenvalue weighted by atomic mass is 32.2. The third kappa shape index (κ3) is 6.49. The number of aliphatic imine (C=N–C) groups is 2. The largest absolute Gasteiger partial charge is 0.494 e. The Morgan fingerprint density at radius 2 is 1.81 bits per heavy atom. The summed E-state index contributed by atoms with van der Waals surface area (Å²) in [6.45, 7) is 4.56. The number of methoxy groups -OCH3 is 3. The van der Waals surface area contributed by atoms with Gasteiger partial charge in [-0.15, -0.1) is 10.2 Å². The molecule has 0 bridgehead atoms. The van der Waals surface area contributed by atoms with E-state index in [1.165, 1.54) is 37.7 Å². The number of aromatic nitrogens is 4. The van der Waals surface area contributed by atoms with Crippen LogP contribution < -0.4 is 18.9 Å².